The first-order valence-electron chi connectivity index (χ1n) is 8.18. The summed E-state index contributed by atoms with van der Waals surface area (Å²) < 4.78 is 5.92. The summed E-state index contributed by atoms with van der Waals surface area (Å²) in [7, 11) is 0. The number of rotatable bonds is 6. The lowest BCUT2D eigenvalue weighted by Gasteiger charge is -2.05. The van der Waals surface area contributed by atoms with Gasteiger partial charge >= 0.3 is 0 Å². The van der Waals surface area contributed by atoms with Crippen molar-refractivity contribution < 1.29 is 14.5 Å². The van der Waals surface area contributed by atoms with Crippen LogP contribution in [0.4, 0.5) is 5.82 Å². The minimum absolute atomic E-state index is 0.0467. The molecule has 0 fully saturated rings. The minimum Gasteiger partial charge on any atom is -0.508 e. The largest absolute Gasteiger partial charge is 0.508 e. The summed E-state index contributed by atoms with van der Waals surface area (Å²) in [6, 6.07) is 6.47. The molecule has 0 atom stereocenters. The SMILES string of the molecule is CCCc1c(C(=O)N/N=C(/C)c2ccc(O)cc2)nnn1-c1nonc1N. The molecule has 0 bridgehead atoms. The van der Waals surface area contributed by atoms with Crippen molar-refractivity contribution in [1.82, 2.24) is 30.7 Å². The number of hydrogen-bond donors (Lipinski definition) is 3. The average Bonchev–Trinajstić information content (AvgIpc) is 3.26. The van der Waals surface area contributed by atoms with Gasteiger partial charge in [-0.25, -0.2) is 10.1 Å². The molecule has 0 saturated carbocycles. The Balaban J connectivity index is 1.84. The lowest BCUT2D eigenvalue weighted by atomic mass is 10.1. The number of carbonyl (C=O) groups is 1. The van der Waals surface area contributed by atoms with Gasteiger partial charge in [-0.2, -0.15) is 9.78 Å². The second-order valence-corrected chi connectivity index (χ2v) is 5.70. The van der Waals surface area contributed by atoms with Gasteiger partial charge in [0.05, 0.1) is 11.4 Å². The third kappa shape index (κ3) is 3.76. The highest BCUT2D eigenvalue weighted by Crippen LogP contribution is 2.17. The van der Waals surface area contributed by atoms with Crippen LogP contribution in [0.15, 0.2) is 34.0 Å². The van der Waals surface area contributed by atoms with Gasteiger partial charge < -0.3 is 10.8 Å². The number of nitrogen functional groups attached to an aromatic ring is 1. The smallest absolute Gasteiger partial charge is 0.293 e. The highest BCUT2D eigenvalue weighted by molar-refractivity contribution is 6.00. The second-order valence-electron chi connectivity index (χ2n) is 5.70. The number of anilines is 1. The van der Waals surface area contributed by atoms with E-state index < -0.39 is 5.91 Å². The topological polar surface area (TPSA) is 157 Å². The molecule has 11 nitrogen and oxygen atoms in total. The molecule has 140 valence electrons. The first-order chi connectivity index (χ1) is 13.0. The van der Waals surface area contributed by atoms with Crippen LogP contribution in [0.3, 0.4) is 0 Å². The van der Waals surface area contributed by atoms with Gasteiger partial charge in [0.2, 0.25) is 11.6 Å². The molecule has 0 radical (unpaired) electrons. The number of phenols is 1. The summed E-state index contributed by atoms with van der Waals surface area (Å²) in [5.74, 6) is -0.143. The number of nitrogens with zero attached hydrogens (tertiary/aromatic N) is 6. The Morgan fingerprint density at radius 3 is 2.70 bits per heavy atom. The van der Waals surface area contributed by atoms with Gasteiger partial charge in [0.25, 0.3) is 5.91 Å². The van der Waals surface area contributed by atoms with E-state index in [-0.39, 0.29) is 23.1 Å². The Kier molecular flexibility index (Phi) is 5.11. The fourth-order valence-electron chi connectivity index (χ4n) is 2.40. The number of benzene rings is 1. The molecule has 2 aromatic heterocycles. The average molecular weight is 370 g/mol. The molecule has 2 heterocycles. The van der Waals surface area contributed by atoms with E-state index >= 15 is 0 Å². The molecule has 0 aliphatic heterocycles. The number of carbonyl (C=O) groups excluding carboxylic acids is 1. The maximum atomic E-state index is 12.5. The summed E-state index contributed by atoms with van der Waals surface area (Å²) in [5, 5.41) is 28.5. The fraction of sp³-hybridized carbons (Fsp3) is 0.250. The normalized spacial score (nSPS) is 11.6. The number of aromatic nitrogens is 5. The van der Waals surface area contributed by atoms with E-state index in [1.807, 2.05) is 6.92 Å². The molecule has 1 amide bonds. The molecule has 3 rings (SSSR count). The summed E-state index contributed by atoms with van der Waals surface area (Å²) in [6.07, 6.45) is 1.26. The molecule has 4 N–H and O–H groups in total. The molecular weight excluding hydrogens is 352 g/mol. The number of hydrazone groups is 1. The van der Waals surface area contributed by atoms with Gasteiger partial charge in [0.1, 0.15) is 5.75 Å². The van der Waals surface area contributed by atoms with Crippen molar-refractivity contribution in [3.63, 3.8) is 0 Å². The maximum Gasteiger partial charge on any atom is 0.293 e. The predicted octanol–water partition coefficient (Wildman–Crippen LogP) is 1.04. The van der Waals surface area contributed by atoms with Gasteiger partial charge in [-0.3, -0.25) is 4.79 Å². The zero-order chi connectivity index (χ0) is 19.4. The van der Waals surface area contributed by atoms with Gasteiger partial charge in [-0.05, 0) is 53.5 Å². The highest BCUT2D eigenvalue weighted by Gasteiger charge is 2.23. The molecule has 0 aliphatic rings. The molecule has 11 heteroatoms. The van der Waals surface area contributed by atoms with E-state index in [9.17, 15) is 9.90 Å². The third-order valence-corrected chi connectivity index (χ3v) is 3.77. The predicted molar refractivity (Wildman–Crippen MR) is 95.4 cm³/mol. The van der Waals surface area contributed by atoms with Crippen molar-refractivity contribution in [2.45, 2.75) is 26.7 Å². The van der Waals surface area contributed by atoms with E-state index in [0.717, 1.165) is 12.0 Å². The van der Waals surface area contributed by atoms with E-state index in [4.69, 9.17) is 5.73 Å². The molecular formula is C16H18N8O3. The van der Waals surface area contributed by atoms with Crippen LogP contribution in [0.5, 0.6) is 5.75 Å². The first kappa shape index (κ1) is 18.0. The molecule has 3 aromatic rings. The zero-order valence-electron chi connectivity index (χ0n) is 14.7. The van der Waals surface area contributed by atoms with Crippen LogP contribution in [0.2, 0.25) is 0 Å². The standard InChI is InChI=1S/C16H18N8O3/c1-3-4-12-13(19-23-24(12)15-14(17)21-27-22-15)16(26)20-18-9(2)10-5-7-11(25)8-6-10/h5-8,25H,3-4H2,1-2H3,(H2,17,21)(H,20,26)/b18-9-. The summed E-state index contributed by atoms with van der Waals surface area (Å²) >= 11 is 0. The van der Waals surface area contributed by atoms with Crippen LogP contribution in [0.1, 0.15) is 42.0 Å². The fourth-order valence-corrected chi connectivity index (χ4v) is 2.40. The molecule has 1 aromatic carbocycles. The molecule has 0 spiro atoms. The van der Waals surface area contributed by atoms with Crippen LogP contribution in [-0.2, 0) is 6.42 Å². The van der Waals surface area contributed by atoms with Crippen LogP contribution in [0, 0.1) is 0 Å². The number of aromatic hydroxyl groups is 1. The Morgan fingerprint density at radius 1 is 1.33 bits per heavy atom. The number of amides is 1. The van der Waals surface area contributed by atoms with E-state index in [2.05, 4.69) is 35.8 Å². The Labute approximate surface area is 153 Å². The summed E-state index contributed by atoms with van der Waals surface area (Å²) in [5.41, 5.74) is 10.1. The minimum atomic E-state index is -0.516. The van der Waals surface area contributed by atoms with E-state index in [0.29, 0.717) is 17.8 Å². The van der Waals surface area contributed by atoms with Gasteiger partial charge in [0, 0.05) is 0 Å². The maximum absolute atomic E-state index is 12.5. The van der Waals surface area contributed by atoms with Gasteiger partial charge in [-0.1, -0.05) is 18.6 Å². The lowest BCUT2D eigenvalue weighted by molar-refractivity contribution is 0.0948. The highest BCUT2D eigenvalue weighted by atomic mass is 16.6. The van der Waals surface area contributed by atoms with Gasteiger partial charge in [0.15, 0.2) is 5.69 Å². The monoisotopic (exact) mass is 370 g/mol. The van der Waals surface area contributed by atoms with Crippen LogP contribution in [0.25, 0.3) is 5.82 Å². The number of nitrogens with one attached hydrogen (secondary N) is 1. The van der Waals surface area contributed by atoms with Crippen molar-refractivity contribution in [1.29, 1.82) is 0 Å². The van der Waals surface area contributed by atoms with Crippen LogP contribution >= 0.6 is 0 Å². The van der Waals surface area contributed by atoms with Crippen LogP contribution < -0.4 is 11.2 Å². The molecule has 0 aliphatic carbocycles. The quantitative estimate of drug-likeness (QED) is 0.429. The molecule has 0 unspecified atom stereocenters. The molecule has 27 heavy (non-hydrogen) atoms. The van der Waals surface area contributed by atoms with Crippen molar-refractivity contribution >= 4 is 17.4 Å². The number of phenolic OH excluding ortho intramolecular Hbond substituents is 1. The Hall–Kier alpha value is -3.76. The van der Waals surface area contributed by atoms with Crippen molar-refractivity contribution in [3.05, 3.63) is 41.2 Å². The zero-order valence-corrected chi connectivity index (χ0v) is 14.7. The number of hydrogen-bond acceptors (Lipinski definition) is 9. The number of nitrogens with two attached hydrogens (primary N) is 1. The van der Waals surface area contributed by atoms with E-state index in [1.54, 1.807) is 19.1 Å². The second kappa shape index (κ2) is 7.64. The Morgan fingerprint density at radius 2 is 2.07 bits per heavy atom. The van der Waals surface area contributed by atoms with Crippen molar-refractivity contribution in [2.75, 3.05) is 5.73 Å². The van der Waals surface area contributed by atoms with Crippen molar-refractivity contribution in [3.8, 4) is 11.6 Å². The molecule has 0 saturated heterocycles. The first-order valence-corrected chi connectivity index (χ1v) is 8.18. The Bertz CT molecular complexity index is 974. The summed E-state index contributed by atoms with van der Waals surface area (Å²) in [6.45, 7) is 3.69. The van der Waals surface area contributed by atoms with E-state index in [1.165, 1.54) is 16.8 Å². The third-order valence-electron chi connectivity index (χ3n) is 3.77. The lowest BCUT2D eigenvalue weighted by Crippen LogP contribution is -2.21. The summed E-state index contributed by atoms with van der Waals surface area (Å²) in [4.78, 5) is 12.5. The van der Waals surface area contributed by atoms with Crippen LogP contribution in [-0.4, -0.2) is 42.0 Å². The van der Waals surface area contributed by atoms with Gasteiger partial charge in [-0.15, -0.1) is 5.10 Å². The van der Waals surface area contributed by atoms with Crippen molar-refractivity contribution in [2.24, 2.45) is 5.10 Å².